The van der Waals surface area contributed by atoms with Crippen molar-refractivity contribution in [2.24, 2.45) is 10.8 Å². The van der Waals surface area contributed by atoms with Gasteiger partial charge in [0.05, 0.1) is 13.7 Å². The van der Waals surface area contributed by atoms with Crippen LogP contribution in [0.2, 0.25) is 0 Å². The summed E-state index contributed by atoms with van der Waals surface area (Å²) in [5, 5.41) is 3.40. The van der Waals surface area contributed by atoms with E-state index in [9.17, 15) is 4.79 Å². The molecule has 0 bridgehead atoms. The van der Waals surface area contributed by atoms with Gasteiger partial charge in [0.1, 0.15) is 5.54 Å². The number of carbonyl (C=O) groups is 1. The fourth-order valence-electron chi connectivity index (χ4n) is 4.05. The van der Waals surface area contributed by atoms with Crippen molar-refractivity contribution in [2.75, 3.05) is 27.4 Å². The van der Waals surface area contributed by atoms with Crippen molar-refractivity contribution in [3.05, 3.63) is 0 Å². The number of hydrogen-bond donors (Lipinski definition) is 1. The number of ether oxygens (including phenoxy) is 2. The van der Waals surface area contributed by atoms with Crippen molar-refractivity contribution in [3.63, 3.8) is 0 Å². The van der Waals surface area contributed by atoms with Crippen LogP contribution in [0, 0.1) is 10.8 Å². The van der Waals surface area contributed by atoms with Crippen LogP contribution in [0.25, 0.3) is 0 Å². The second-order valence-electron chi connectivity index (χ2n) is 7.35. The minimum atomic E-state index is -0.585. The lowest BCUT2D eigenvalue weighted by molar-refractivity contribution is -0.155. The van der Waals surface area contributed by atoms with Gasteiger partial charge in [-0.05, 0) is 30.1 Å². The third kappa shape index (κ3) is 4.18. The summed E-state index contributed by atoms with van der Waals surface area (Å²) < 4.78 is 10.1. The Labute approximate surface area is 117 Å². The van der Waals surface area contributed by atoms with Crippen molar-refractivity contribution in [1.29, 1.82) is 0 Å². The first-order valence-electron chi connectivity index (χ1n) is 6.99. The third-order valence-corrected chi connectivity index (χ3v) is 3.86. The molecule has 0 aromatic carbocycles. The Morgan fingerprint density at radius 3 is 2.00 bits per heavy atom. The molecule has 0 saturated heterocycles. The van der Waals surface area contributed by atoms with Gasteiger partial charge < -0.3 is 9.47 Å². The van der Waals surface area contributed by atoms with E-state index in [0.717, 1.165) is 19.3 Å². The van der Waals surface area contributed by atoms with Gasteiger partial charge in [-0.2, -0.15) is 0 Å². The quantitative estimate of drug-likeness (QED) is 0.616. The summed E-state index contributed by atoms with van der Waals surface area (Å²) in [7, 11) is 3.14. The number of esters is 1. The molecular formula is C15H29NO3. The Morgan fingerprint density at radius 1 is 1.05 bits per heavy atom. The molecule has 1 aliphatic carbocycles. The third-order valence-electron chi connectivity index (χ3n) is 3.86. The Morgan fingerprint density at radius 2 is 1.58 bits per heavy atom. The molecule has 4 heteroatoms. The van der Waals surface area contributed by atoms with Gasteiger partial charge in [-0.15, -0.1) is 0 Å². The van der Waals surface area contributed by atoms with Gasteiger partial charge in [0.15, 0.2) is 0 Å². The normalized spacial score (nSPS) is 23.9. The zero-order valence-electron chi connectivity index (χ0n) is 13.3. The second kappa shape index (κ2) is 5.80. The Kier molecular flexibility index (Phi) is 5.02. The van der Waals surface area contributed by atoms with Gasteiger partial charge in [-0.3, -0.25) is 10.1 Å². The van der Waals surface area contributed by atoms with Crippen LogP contribution in [0.4, 0.5) is 0 Å². The molecule has 0 aromatic rings. The summed E-state index contributed by atoms with van der Waals surface area (Å²) in [6.45, 7) is 10.2. The minimum absolute atomic E-state index is 0.121. The number of methoxy groups -OCH3 is 2. The molecule has 4 nitrogen and oxygen atoms in total. The van der Waals surface area contributed by atoms with E-state index in [1.807, 2.05) is 0 Å². The first-order chi connectivity index (χ1) is 8.66. The van der Waals surface area contributed by atoms with E-state index in [0.29, 0.717) is 13.2 Å². The zero-order chi connectivity index (χ0) is 14.7. The van der Waals surface area contributed by atoms with E-state index in [1.165, 1.54) is 7.11 Å². The molecule has 0 spiro atoms. The second-order valence-corrected chi connectivity index (χ2v) is 7.35. The zero-order valence-corrected chi connectivity index (χ0v) is 13.3. The van der Waals surface area contributed by atoms with Crippen LogP contribution in [0.15, 0.2) is 0 Å². The Hall–Kier alpha value is -0.610. The summed E-state index contributed by atoms with van der Waals surface area (Å²) >= 11 is 0. The Bertz CT molecular complexity index is 307. The van der Waals surface area contributed by atoms with Gasteiger partial charge in [0, 0.05) is 13.7 Å². The Balaban J connectivity index is 2.97. The molecule has 19 heavy (non-hydrogen) atoms. The average Bonchev–Trinajstić information content (AvgIpc) is 2.24. The number of rotatable bonds is 5. The molecule has 0 atom stereocenters. The topological polar surface area (TPSA) is 47.6 Å². The van der Waals surface area contributed by atoms with Crippen molar-refractivity contribution in [1.82, 2.24) is 5.32 Å². The van der Waals surface area contributed by atoms with E-state index in [-0.39, 0.29) is 16.8 Å². The van der Waals surface area contributed by atoms with Crippen LogP contribution in [0.5, 0.6) is 0 Å². The van der Waals surface area contributed by atoms with Crippen LogP contribution >= 0.6 is 0 Å². The van der Waals surface area contributed by atoms with E-state index < -0.39 is 5.54 Å². The van der Waals surface area contributed by atoms with Crippen LogP contribution in [0.1, 0.15) is 47.0 Å². The smallest absolute Gasteiger partial charge is 0.326 e. The molecule has 1 N–H and O–H groups in total. The summed E-state index contributed by atoms with van der Waals surface area (Å²) in [4.78, 5) is 12.3. The average molecular weight is 271 g/mol. The lowest BCUT2D eigenvalue weighted by Gasteiger charge is -2.50. The minimum Gasteiger partial charge on any atom is -0.468 e. The van der Waals surface area contributed by atoms with Gasteiger partial charge in [-0.1, -0.05) is 27.7 Å². The van der Waals surface area contributed by atoms with Crippen molar-refractivity contribution < 1.29 is 14.3 Å². The fourth-order valence-corrected chi connectivity index (χ4v) is 4.05. The predicted octanol–water partition coefficient (Wildman–Crippen LogP) is 2.37. The SMILES string of the molecule is COCCNC1(C(=O)OC)CC(C)(C)CC(C)(C)C1. The fraction of sp³-hybridized carbons (Fsp3) is 0.933. The van der Waals surface area contributed by atoms with Gasteiger partial charge in [0.2, 0.25) is 0 Å². The lowest BCUT2D eigenvalue weighted by atomic mass is 9.58. The molecule has 0 radical (unpaired) electrons. The highest BCUT2D eigenvalue weighted by molar-refractivity contribution is 5.81. The highest BCUT2D eigenvalue weighted by Gasteiger charge is 2.52. The summed E-state index contributed by atoms with van der Waals surface area (Å²) in [5.41, 5.74) is -0.343. The van der Waals surface area contributed by atoms with Crippen LogP contribution < -0.4 is 5.32 Å². The number of carbonyl (C=O) groups excluding carboxylic acids is 1. The molecule has 1 fully saturated rings. The molecule has 1 rings (SSSR count). The standard InChI is InChI=1S/C15H29NO3/c1-13(2)9-14(3,4)11-15(10-13,12(17)19-6)16-7-8-18-5/h16H,7-11H2,1-6H3. The number of hydrogen-bond acceptors (Lipinski definition) is 4. The van der Waals surface area contributed by atoms with E-state index in [4.69, 9.17) is 9.47 Å². The number of nitrogens with one attached hydrogen (secondary N) is 1. The predicted molar refractivity (Wildman–Crippen MR) is 76.0 cm³/mol. The molecule has 0 unspecified atom stereocenters. The van der Waals surface area contributed by atoms with Crippen LogP contribution in [-0.4, -0.2) is 38.9 Å². The molecule has 0 amide bonds. The first kappa shape index (κ1) is 16.4. The van der Waals surface area contributed by atoms with E-state index in [2.05, 4.69) is 33.0 Å². The highest BCUT2D eigenvalue weighted by Crippen LogP contribution is 2.50. The van der Waals surface area contributed by atoms with E-state index in [1.54, 1.807) is 7.11 Å². The molecule has 0 heterocycles. The van der Waals surface area contributed by atoms with Gasteiger partial charge in [-0.25, -0.2) is 0 Å². The largest absolute Gasteiger partial charge is 0.468 e. The van der Waals surface area contributed by atoms with E-state index >= 15 is 0 Å². The maximum absolute atomic E-state index is 12.3. The summed E-state index contributed by atoms with van der Waals surface area (Å²) in [6.07, 6.45) is 2.73. The van der Waals surface area contributed by atoms with Gasteiger partial charge >= 0.3 is 5.97 Å². The molecule has 112 valence electrons. The first-order valence-corrected chi connectivity index (χ1v) is 6.99. The van der Waals surface area contributed by atoms with Crippen LogP contribution in [0.3, 0.4) is 0 Å². The molecule has 0 aromatic heterocycles. The summed E-state index contributed by atoms with van der Waals surface area (Å²) in [5.74, 6) is -0.149. The molecule has 1 saturated carbocycles. The molecule has 1 aliphatic rings. The molecular weight excluding hydrogens is 242 g/mol. The van der Waals surface area contributed by atoms with Crippen molar-refractivity contribution >= 4 is 5.97 Å². The lowest BCUT2D eigenvalue weighted by Crippen LogP contribution is -2.60. The molecule has 0 aliphatic heterocycles. The van der Waals surface area contributed by atoms with Gasteiger partial charge in [0.25, 0.3) is 0 Å². The van der Waals surface area contributed by atoms with Crippen LogP contribution in [-0.2, 0) is 14.3 Å². The maximum Gasteiger partial charge on any atom is 0.326 e. The summed E-state index contributed by atoms with van der Waals surface area (Å²) in [6, 6.07) is 0. The van der Waals surface area contributed by atoms with Crippen molar-refractivity contribution in [2.45, 2.75) is 52.5 Å². The monoisotopic (exact) mass is 271 g/mol. The maximum atomic E-state index is 12.3. The highest BCUT2D eigenvalue weighted by atomic mass is 16.5. The van der Waals surface area contributed by atoms with Crippen molar-refractivity contribution in [3.8, 4) is 0 Å².